The topological polar surface area (TPSA) is 92.4 Å². The first-order valence-electron chi connectivity index (χ1n) is 6.01. The normalized spacial score (nSPS) is 24.6. The fourth-order valence-corrected chi connectivity index (χ4v) is 1.83. The van der Waals surface area contributed by atoms with E-state index in [4.69, 9.17) is 10.8 Å². The van der Waals surface area contributed by atoms with Gasteiger partial charge < -0.3 is 16.2 Å². The van der Waals surface area contributed by atoms with Crippen LogP contribution in [0.25, 0.3) is 0 Å². The van der Waals surface area contributed by atoms with Crippen molar-refractivity contribution in [1.82, 2.24) is 5.32 Å². The van der Waals surface area contributed by atoms with Crippen LogP contribution in [0.1, 0.15) is 32.6 Å². The molecule has 4 N–H and O–H groups in total. The van der Waals surface area contributed by atoms with E-state index in [1.807, 2.05) is 6.92 Å². The van der Waals surface area contributed by atoms with Crippen molar-refractivity contribution < 1.29 is 14.7 Å². The maximum Gasteiger partial charge on any atom is 0.310 e. The predicted octanol–water partition coefficient (Wildman–Crippen LogP) is 0.649. The molecule has 96 valence electrons. The Morgan fingerprint density at radius 1 is 1.53 bits per heavy atom. The monoisotopic (exact) mass is 240 g/mol. The van der Waals surface area contributed by atoms with Gasteiger partial charge in [0.25, 0.3) is 0 Å². The zero-order chi connectivity index (χ0) is 12.8. The average Bonchev–Trinajstić information content (AvgIpc) is 2.74. The summed E-state index contributed by atoms with van der Waals surface area (Å²) in [6.45, 7) is 2.04. The smallest absolute Gasteiger partial charge is 0.310 e. The number of unbranched alkanes of at least 4 members (excludes halogenated alkanes) is 1. The molecule has 0 aromatic rings. The molecular formula is C12H20N2O3. The summed E-state index contributed by atoms with van der Waals surface area (Å²) < 4.78 is 0. The molecule has 0 radical (unpaired) electrons. The maximum absolute atomic E-state index is 11.7. The Bertz CT molecular complexity index is 315. The Labute approximate surface area is 101 Å². The second kappa shape index (κ2) is 6.39. The van der Waals surface area contributed by atoms with Crippen LogP contribution in [-0.2, 0) is 9.59 Å². The van der Waals surface area contributed by atoms with E-state index in [1.165, 1.54) is 0 Å². The van der Waals surface area contributed by atoms with Crippen molar-refractivity contribution in [2.75, 3.05) is 0 Å². The number of amides is 1. The summed E-state index contributed by atoms with van der Waals surface area (Å²) in [7, 11) is 0. The quantitative estimate of drug-likeness (QED) is 0.594. The van der Waals surface area contributed by atoms with Crippen LogP contribution in [0.15, 0.2) is 12.2 Å². The van der Waals surface area contributed by atoms with Crippen LogP contribution in [0, 0.1) is 5.92 Å². The summed E-state index contributed by atoms with van der Waals surface area (Å²) in [5.74, 6) is -1.54. The maximum atomic E-state index is 11.7. The predicted molar refractivity (Wildman–Crippen MR) is 64.3 cm³/mol. The third-order valence-electron chi connectivity index (χ3n) is 2.93. The van der Waals surface area contributed by atoms with Crippen molar-refractivity contribution in [2.45, 2.75) is 44.7 Å². The fourth-order valence-electron chi connectivity index (χ4n) is 1.83. The van der Waals surface area contributed by atoms with Crippen molar-refractivity contribution >= 4 is 11.9 Å². The second-order valence-corrected chi connectivity index (χ2v) is 4.43. The molecule has 1 aliphatic carbocycles. The van der Waals surface area contributed by atoms with Gasteiger partial charge in [-0.05, 0) is 12.8 Å². The lowest BCUT2D eigenvalue weighted by molar-refractivity contribution is -0.140. The lowest BCUT2D eigenvalue weighted by atomic mass is 10.1. The summed E-state index contributed by atoms with van der Waals surface area (Å²) in [6.07, 6.45) is 6.36. The third kappa shape index (κ3) is 4.19. The number of hydrogen-bond acceptors (Lipinski definition) is 3. The minimum Gasteiger partial charge on any atom is -0.481 e. The van der Waals surface area contributed by atoms with Crippen LogP contribution < -0.4 is 11.1 Å². The molecule has 0 aromatic heterocycles. The minimum atomic E-state index is -0.853. The van der Waals surface area contributed by atoms with Gasteiger partial charge in [0.15, 0.2) is 0 Å². The van der Waals surface area contributed by atoms with Gasteiger partial charge in [-0.2, -0.15) is 0 Å². The number of carboxylic acids is 1. The highest BCUT2D eigenvalue weighted by Gasteiger charge is 2.26. The lowest BCUT2D eigenvalue weighted by Crippen LogP contribution is -2.44. The van der Waals surface area contributed by atoms with Gasteiger partial charge in [0, 0.05) is 6.04 Å². The number of aliphatic carboxylic acids is 1. The molecule has 0 aromatic carbocycles. The first-order chi connectivity index (χ1) is 8.04. The number of nitrogens with two attached hydrogens (primary N) is 1. The van der Waals surface area contributed by atoms with E-state index < -0.39 is 17.9 Å². The molecule has 0 heterocycles. The number of carboxylic acid groups (broad SMARTS) is 1. The zero-order valence-corrected chi connectivity index (χ0v) is 10.1. The van der Waals surface area contributed by atoms with Crippen LogP contribution >= 0.6 is 0 Å². The number of carbonyl (C=O) groups is 2. The molecule has 1 amide bonds. The Kier molecular flexibility index (Phi) is 5.15. The van der Waals surface area contributed by atoms with Crippen molar-refractivity contribution in [1.29, 1.82) is 0 Å². The van der Waals surface area contributed by atoms with Crippen molar-refractivity contribution in [3.05, 3.63) is 12.2 Å². The number of hydrogen-bond donors (Lipinski definition) is 3. The SMILES string of the molecule is CCCCC(N)C(=O)NC1C=CC(C(=O)O)C1. The highest BCUT2D eigenvalue weighted by atomic mass is 16.4. The van der Waals surface area contributed by atoms with Crippen LogP contribution in [0.4, 0.5) is 0 Å². The second-order valence-electron chi connectivity index (χ2n) is 4.43. The minimum absolute atomic E-state index is 0.195. The first-order valence-corrected chi connectivity index (χ1v) is 6.01. The Morgan fingerprint density at radius 3 is 2.76 bits per heavy atom. The van der Waals surface area contributed by atoms with Gasteiger partial charge in [0.05, 0.1) is 12.0 Å². The van der Waals surface area contributed by atoms with Gasteiger partial charge in [-0.25, -0.2) is 0 Å². The van der Waals surface area contributed by atoms with Gasteiger partial charge in [-0.1, -0.05) is 31.9 Å². The molecular weight excluding hydrogens is 220 g/mol. The number of nitrogens with one attached hydrogen (secondary N) is 1. The molecule has 0 fully saturated rings. The van der Waals surface area contributed by atoms with E-state index in [-0.39, 0.29) is 11.9 Å². The van der Waals surface area contributed by atoms with Gasteiger partial charge in [0.2, 0.25) is 5.91 Å². The molecule has 0 saturated heterocycles. The van der Waals surface area contributed by atoms with Crippen LogP contribution in [0.5, 0.6) is 0 Å². The van der Waals surface area contributed by atoms with Crippen LogP contribution in [0.3, 0.4) is 0 Å². The van der Waals surface area contributed by atoms with E-state index in [2.05, 4.69) is 5.32 Å². The van der Waals surface area contributed by atoms with Crippen molar-refractivity contribution in [2.24, 2.45) is 11.7 Å². The molecule has 0 spiro atoms. The van der Waals surface area contributed by atoms with E-state index >= 15 is 0 Å². The van der Waals surface area contributed by atoms with Crippen LogP contribution in [0.2, 0.25) is 0 Å². The van der Waals surface area contributed by atoms with Crippen molar-refractivity contribution in [3.8, 4) is 0 Å². The molecule has 0 bridgehead atoms. The summed E-state index contributed by atoms with van der Waals surface area (Å²) >= 11 is 0. The molecule has 0 aliphatic heterocycles. The summed E-state index contributed by atoms with van der Waals surface area (Å²) in [4.78, 5) is 22.4. The summed E-state index contributed by atoms with van der Waals surface area (Å²) in [5, 5.41) is 11.6. The summed E-state index contributed by atoms with van der Waals surface area (Å²) in [5.41, 5.74) is 5.72. The standard InChI is InChI=1S/C12H20N2O3/c1-2-3-4-10(13)11(15)14-9-6-5-8(7-9)12(16)17/h5-6,8-10H,2-4,7,13H2,1H3,(H,14,15)(H,16,17). The van der Waals surface area contributed by atoms with Gasteiger partial charge >= 0.3 is 5.97 Å². The molecule has 5 heteroatoms. The average molecular weight is 240 g/mol. The van der Waals surface area contributed by atoms with Gasteiger partial charge in [0.1, 0.15) is 0 Å². The highest BCUT2D eigenvalue weighted by Crippen LogP contribution is 2.18. The van der Waals surface area contributed by atoms with Crippen LogP contribution in [-0.4, -0.2) is 29.1 Å². The zero-order valence-electron chi connectivity index (χ0n) is 10.1. The Balaban J connectivity index is 2.33. The van der Waals surface area contributed by atoms with E-state index in [1.54, 1.807) is 12.2 Å². The van der Waals surface area contributed by atoms with E-state index in [0.29, 0.717) is 12.8 Å². The molecule has 5 nitrogen and oxygen atoms in total. The largest absolute Gasteiger partial charge is 0.481 e. The molecule has 1 aliphatic rings. The summed E-state index contributed by atoms with van der Waals surface area (Å²) in [6, 6.07) is -0.691. The molecule has 3 atom stereocenters. The number of rotatable bonds is 6. The van der Waals surface area contributed by atoms with Gasteiger partial charge in [-0.3, -0.25) is 9.59 Å². The molecule has 0 saturated carbocycles. The molecule has 3 unspecified atom stereocenters. The fraction of sp³-hybridized carbons (Fsp3) is 0.667. The number of carbonyl (C=O) groups excluding carboxylic acids is 1. The lowest BCUT2D eigenvalue weighted by Gasteiger charge is -2.16. The third-order valence-corrected chi connectivity index (χ3v) is 2.93. The van der Waals surface area contributed by atoms with Gasteiger partial charge in [-0.15, -0.1) is 0 Å². The molecule has 17 heavy (non-hydrogen) atoms. The van der Waals surface area contributed by atoms with E-state index in [9.17, 15) is 9.59 Å². The van der Waals surface area contributed by atoms with Crippen molar-refractivity contribution in [3.63, 3.8) is 0 Å². The highest BCUT2D eigenvalue weighted by molar-refractivity contribution is 5.82. The Morgan fingerprint density at radius 2 is 2.24 bits per heavy atom. The van der Waals surface area contributed by atoms with E-state index in [0.717, 1.165) is 12.8 Å². The molecule has 1 rings (SSSR count). The first kappa shape index (κ1) is 13.7. The Hall–Kier alpha value is -1.36.